The molecule has 1 aromatic carbocycles. The molecule has 3 aromatic rings. The van der Waals surface area contributed by atoms with Gasteiger partial charge in [0.2, 0.25) is 0 Å². The summed E-state index contributed by atoms with van der Waals surface area (Å²) >= 11 is 0. The van der Waals surface area contributed by atoms with Crippen LogP contribution in [0.25, 0.3) is 5.82 Å². The minimum atomic E-state index is -0.210. The fourth-order valence-corrected chi connectivity index (χ4v) is 4.86. The molecule has 2 aliphatic rings. The number of hydrogen-bond acceptors (Lipinski definition) is 6. The highest BCUT2D eigenvalue weighted by Gasteiger charge is 2.39. The fraction of sp³-hybridized carbons (Fsp3) is 0.407. The lowest BCUT2D eigenvalue weighted by Gasteiger charge is -2.29. The number of ether oxygens (including phenoxy) is 2. The van der Waals surface area contributed by atoms with Crippen LogP contribution in [0, 0.1) is 5.41 Å². The third-order valence-corrected chi connectivity index (χ3v) is 6.65. The number of methoxy groups -OCH3 is 1. The third-order valence-electron chi connectivity index (χ3n) is 6.65. The average molecular weight is 475 g/mol. The molecule has 0 spiro atoms. The van der Waals surface area contributed by atoms with Crippen molar-refractivity contribution in [2.24, 2.45) is 5.41 Å². The zero-order valence-electron chi connectivity index (χ0n) is 20.3. The van der Waals surface area contributed by atoms with Crippen molar-refractivity contribution in [2.75, 3.05) is 13.7 Å². The summed E-state index contributed by atoms with van der Waals surface area (Å²) in [6.07, 6.45) is 4.43. The van der Waals surface area contributed by atoms with Crippen molar-refractivity contribution < 1.29 is 19.1 Å². The molecule has 1 aliphatic carbocycles. The Morgan fingerprint density at radius 3 is 2.66 bits per heavy atom. The number of ketones is 1. The monoisotopic (exact) mass is 474 g/mol. The van der Waals surface area contributed by atoms with Crippen molar-refractivity contribution in [3.63, 3.8) is 0 Å². The maximum atomic E-state index is 13.1. The van der Waals surface area contributed by atoms with Crippen molar-refractivity contribution in [1.29, 1.82) is 0 Å². The van der Waals surface area contributed by atoms with Crippen LogP contribution in [-0.2, 0) is 17.7 Å². The Morgan fingerprint density at radius 2 is 2.00 bits per heavy atom. The number of pyridine rings is 1. The average Bonchev–Trinajstić information content (AvgIpc) is 3.50. The molecule has 35 heavy (non-hydrogen) atoms. The van der Waals surface area contributed by atoms with E-state index in [-0.39, 0.29) is 23.2 Å². The molecule has 8 heteroatoms. The van der Waals surface area contributed by atoms with Crippen LogP contribution in [0.2, 0.25) is 0 Å². The van der Waals surface area contributed by atoms with Crippen LogP contribution in [0.4, 0.5) is 0 Å². The number of carbonyl (C=O) groups excluding carboxylic acids is 2. The largest absolute Gasteiger partial charge is 0.497 e. The van der Waals surface area contributed by atoms with E-state index in [1.807, 2.05) is 24.3 Å². The predicted molar refractivity (Wildman–Crippen MR) is 130 cm³/mol. The summed E-state index contributed by atoms with van der Waals surface area (Å²) in [4.78, 5) is 30.3. The Balaban J connectivity index is 1.38. The highest BCUT2D eigenvalue weighted by molar-refractivity contribution is 6.00. The van der Waals surface area contributed by atoms with Gasteiger partial charge in [0.15, 0.2) is 11.6 Å². The molecule has 0 bridgehead atoms. The van der Waals surface area contributed by atoms with Gasteiger partial charge in [0.25, 0.3) is 5.91 Å². The van der Waals surface area contributed by atoms with Gasteiger partial charge in [-0.1, -0.05) is 26.0 Å². The quantitative estimate of drug-likeness (QED) is 0.575. The lowest BCUT2D eigenvalue weighted by Crippen LogP contribution is -2.28. The van der Waals surface area contributed by atoms with Gasteiger partial charge in [-0.05, 0) is 54.5 Å². The Morgan fingerprint density at radius 1 is 1.20 bits per heavy atom. The van der Waals surface area contributed by atoms with Crippen LogP contribution < -0.4 is 10.1 Å². The summed E-state index contributed by atoms with van der Waals surface area (Å²) < 4.78 is 12.8. The summed E-state index contributed by atoms with van der Waals surface area (Å²) in [5.41, 5.74) is 3.57. The molecular formula is C27H30N4O4. The molecule has 0 saturated carbocycles. The van der Waals surface area contributed by atoms with Gasteiger partial charge in [-0.15, -0.1) is 0 Å². The van der Waals surface area contributed by atoms with Gasteiger partial charge in [-0.3, -0.25) is 9.59 Å². The Labute approximate surface area is 204 Å². The van der Waals surface area contributed by atoms with E-state index in [0.29, 0.717) is 36.5 Å². The molecule has 1 saturated heterocycles. The van der Waals surface area contributed by atoms with E-state index >= 15 is 0 Å². The van der Waals surface area contributed by atoms with Gasteiger partial charge >= 0.3 is 0 Å². The second-order valence-corrected chi connectivity index (χ2v) is 10.00. The summed E-state index contributed by atoms with van der Waals surface area (Å²) in [6.45, 7) is 5.28. The van der Waals surface area contributed by atoms with E-state index in [9.17, 15) is 9.59 Å². The van der Waals surface area contributed by atoms with E-state index in [1.54, 1.807) is 30.1 Å². The van der Waals surface area contributed by atoms with E-state index in [0.717, 1.165) is 42.0 Å². The number of benzene rings is 1. The third kappa shape index (κ3) is 4.71. The summed E-state index contributed by atoms with van der Waals surface area (Å²) in [5, 5.41) is 7.74. The number of rotatable bonds is 6. The van der Waals surface area contributed by atoms with E-state index in [2.05, 4.69) is 24.1 Å². The molecule has 8 nitrogen and oxygen atoms in total. The van der Waals surface area contributed by atoms with E-state index in [1.165, 1.54) is 0 Å². The van der Waals surface area contributed by atoms with Crippen molar-refractivity contribution in [3.8, 4) is 11.6 Å². The molecule has 182 valence electrons. The van der Waals surface area contributed by atoms with Gasteiger partial charge in [0.05, 0.1) is 23.9 Å². The molecule has 3 heterocycles. The van der Waals surface area contributed by atoms with Gasteiger partial charge in [0.1, 0.15) is 17.5 Å². The molecule has 5 rings (SSSR count). The standard InChI is InChI=1S/C27H30N4O4/c1-27(2)13-20-24(21(32)14-27)25(22-5-4-12-35-22)30-31(20)23-11-8-18(16-28-23)26(33)29-15-17-6-9-19(34-3)10-7-17/h6-11,16,22H,4-5,12-15H2,1-3H3,(H,29,33). The fourth-order valence-electron chi connectivity index (χ4n) is 4.86. The number of carbonyl (C=O) groups is 2. The topological polar surface area (TPSA) is 95.3 Å². The number of aromatic nitrogens is 3. The first-order valence-corrected chi connectivity index (χ1v) is 12.0. The van der Waals surface area contributed by atoms with Crippen molar-refractivity contribution in [1.82, 2.24) is 20.1 Å². The van der Waals surface area contributed by atoms with E-state index < -0.39 is 0 Å². The molecule has 1 atom stereocenters. The van der Waals surface area contributed by atoms with Crippen LogP contribution in [0.1, 0.15) is 76.9 Å². The summed E-state index contributed by atoms with van der Waals surface area (Å²) in [5.74, 6) is 1.26. The molecule has 1 aliphatic heterocycles. The minimum absolute atomic E-state index is 0.113. The molecule has 1 fully saturated rings. The number of Topliss-reactive ketones (excluding diaryl/α,β-unsaturated/α-hetero) is 1. The lowest BCUT2D eigenvalue weighted by molar-refractivity contribution is 0.0884. The Bertz CT molecular complexity index is 1240. The lowest BCUT2D eigenvalue weighted by atomic mass is 9.75. The van der Waals surface area contributed by atoms with Crippen LogP contribution >= 0.6 is 0 Å². The first kappa shape index (κ1) is 23.2. The zero-order chi connectivity index (χ0) is 24.6. The number of nitrogens with zero attached hydrogens (tertiary/aromatic N) is 3. The summed E-state index contributed by atoms with van der Waals surface area (Å²) in [7, 11) is 1.62. The van der Waals surface area contributed by atoms with Gasteiger partial charge in [0, 0.05) is 25.8 Å². The molecular weight excluding hydrogens is 444 g/mol. The second-order valence-electron chi connectivity index (χ2n) is 10.00. The SMILES string of the molecule is COc1ccc(CNC(=O)c2ccc(-n3nc(C4CCCO4)c4c3CC(C)(C)CC4=O)nc2)cc1. The van der Waals surface area contributed by atoms with Crippen LogP contribution in [-0.4, -0.2) is 40.2 Å². The van der Waals surface area contributed by atoms with Gasteiger partial charge in [-0.2, -0.15) is 5.10 Å². The number of nitrogens with one attached hydrogen (secondary N) is 1. The number of hydrogen-bond donors (Lipinski definition) is 1. The molecule has 1 N–H and O–H groups in total. The van der Waals surface area contributed by atoms with E-state index in [4.69, 9.17) is 14.6 Å². The van der Waals surface area contributed by atoms with Crippen molar-refractivity contribution in [2.45, 2.75) is 52.2 Å². The molecule has 0 radical (unpaired) electrons. The first-order valence-electron chi connectivity index (χ1n) is 12.0. The minimum Gasteiger partial charge on any atom is -0.497 e. The van der Waals surface area contributed by atoms with Crippen molar-refractivity contribution >= 4 is 11.7 Å². The van der Waals surface area contributed by atoms with Crippen LogP contribution in [0.3, 0.4) is 0 Å². The number of fused-ring (bicyclic) bond motifs is 1. The number of amides is 1. The molecule has 2 aromatic heterocycles. The Kier molecular flexibility index (Phi) is 6.15. The maximum Gasteiger partial charge on any atom is 0.253 e. The highest BCUT2D eigenvalue weighted by Crippen LogP contribution is 2.40. The van der Waals surface area contributed by atoms with Crippen LogP contribution in [0.5, 0.6) is 5.75 Å². The molecule has 1 amide bonds. The smallest absolute Gasteiger partial charge is 0.253 e. The second kappa shape index (κ2) is 9.26. The summed E-state index contributed by atoms with van der Waals surface area (Å²) in [6, 6.07) is 11.1. The van der Waals surface area contributed by atoms with Gasteiger partial charge < -0.3 is 14.8 Å². The predicted octanol–water partition coefficient (Wildman–Crippen LogP) is 4.21. The maximum absolute atomic E-state index is 13.1. The van der Waals surface area contributed by atoms with Crippen molar-refractivity contribution in [3.05, 3.63) is 70.7 Å². The highest BCUT2D eigenvalue weighted by atomic mass is 16.5. The van der Waals surface area contributed by atoms with Crippen LogP contribution in [0.15, 0.2) is 42.6 Å². The Hall–Kier alpha value is -3.52. The van der Waals surface area contributed by atoms with Gasteiger partial charge in [-0.25, -0.2) is 9.67 Å². The normalized spacial score (nSPS) is 18.8. The molecule has 1 unspecified atom stereocenters. The zero-order valence-corrected chi connectivity index (χ0v) is 20.3. The first-order chi connectivity index (χ1) is 16.8.